The molecule has 0 radical (unpaired) electrons. The van der Waals surface area contributed by atoms with E-state index in [2.05, 4.69) is 24.2 Å². The Bertz CT molecular complexity index is 421. The molecule has 2 rings (SSSR count). The molecule has 1 N–H and O–H groups in total. The number of aliphatic imine (C=N–C) groups is 1. The van der Waals surface area contributed by atoms with Crippen molar-refractivity contribution in [2.75, 3.05) is 18.9 Å². The van der Waals surface area contributed by atoms with Crippen molar-refractivity contribution >= 4 is 16.9 Å². The molecule has 104 valence electrons. The molecule has 1 aliphatic rings. The maximum absolute atomic E-state index is 5.64. The molecular formula is C15H22N2OS. The van der Waals surface area contributed by atoms with E-state index in [4.69, 9.17) is 4.74 Å². The topological polar surface area (TPSA) is 33.6 Å². The van der Waals surface area contributed by atoms with Gasteiger partial charge in [-0.05, 0) is 25.5 Å². The van der Waals surface area contributed by atoms with Crippen LogP contribution in [-0.2, 0) is 0 Å². The number of hydrogen-bond acceptors (Lipinski definition) is 3. The third-order valence-electron chi connectivity index (χ3n) is 3.29. The molecular weight excluding hydrogens is 256 g/mol. The van der Waals surface area contributed by atoms with Gasteiger partial charge in [-0.1, -0.05) is 36.9 Å². The van der Waals surface area contributed by atoms with Crippen LogP contribution in [-0.4, -0.2) is 29.6 Å². The number of nitrogens with zero attached hydrogens (tertiary/aromatic N) is 1. The third kappa shape index (κ3) is 4.46. The molecule has 0 saturated carbocycles. The summed E-state index contributed by atoms with van der Waals surface area (Å²) in [5, 5.41) is 4.58. The Balaban J connectivity index is 1.65. The van der Waals surface area contributed by atoms with Crippen LogP contribution in [0.3, 0.4) is 0 Å². The van der Waals surface area contributed by atoms with Gasteiger partial charge in [0.1, 0.15) is 5.75 Å². The highest BCUT2D eigenvalue weighted by atomic mass is 32.2. The first-order chi connectivity index (χ1) is 9.22. The van der Waals surface area contributed by atoms with Gasteiger partial charge in [-0.2, -0.15) is 0 Å². The maximum atomic E-state index is 5.64. The molecule has 1 aromatic rings. The van der Waals surface area contributed by atoms with Crippen LogP contribution in [0.2, 0.25) is 0 Å². The SMILES string of the molecule is CCC1(C)CSC(=NCCCOc2ccccc2)N1. The third-order valence-corrected chi connectivity index (χ3v) is 4.57. The molecule has 1 fully saturated rings. The Hall–Kier alpha value is -1.16. The average molecular weight is 278 g/mol. The van der Waals surface area contributed by atoms with Crippen LogP contribution in [0.1, 0.15) is 26.7 Å². The first kappa shape index (κ1) is 14.3. The van der Waals surface area contributed by atoms with E-state index in [1.807, 2.05) is 42.1 Å². The predicted molar refractivity (Wildman–Crippen MR) is 83.1 cm³/mol. The quantitative estimate of drug-likeness (QED) is 0.811. The number of thioether (sulfide) groups is 1. The van der Waals surface area contributed by atoms with Gasteiger partial charge in [0.15, 0.2) is 5.17 Å². The maximum Gasteiger partial charge on any atom is 0.157 e. The Kier molecular flexibility index (Phi) is 5.14. The summed E-state index contributed by atoms with van der Waals surface area (Å²) in [4.78, 5) is 4.59. The summed E-state index contributed by atoms with van der Waals surface area (Å²) in [5.41, 5.74) is 0.226. The Morgan fingerprint density at radius 3 is 2.84 bits per heavy atom. The molecule has 0 spiro atoms. The van der Waals surface area contributed by atoms with Crippen LogP contribution in [0.5, 0.6) is 5.75 Å². The minimum atomic E-state index is 0.226. The highest BCUT2D eigenvalue weighted by Crippen LogP contribution is 2.25. The molecule has 1 atom stereocenters. The highest BCUT2D eigenvalue weighted by Gasteiger charge is 2.30. The second-order valence-electron chi connectivity index (χ2n) is 5.03. The lowest BCUT2D eigenvalue weighted by Gasteiger charge is -2.20. The minimum Gasteiger partial charge on any atom is -0.494 e. The summed E-state index contributed by atoms with van der Waals surface area (Å²) in [6.45, 7) is 6.00. The van der Waals surface area contributed by atoms with Gasteiger partial charge in [0, 0.05) is 24.3 Å². The van der Waals surface area contributed by atoms with Crippen LogP contribution in [0.15, 0.2) is 35.3 Å². The lowest BCUT2D eigenvalue weighted by atomic mass is 10.0. The molecule has 1 aromatic carbocycles. The molecule has 3 nitrogen and oxygen atoms in total. The summed E-state index contributed by atoms with van der Waals surface area (Å²) in [6, 6.07) is 9.92. The summed E-state index contributed by atoms with van der Waals surface area (Å²) < 4.78 is 5.64. The second-order valence-corrected chi connectivity index (χ2v) is 5.99. The zero-order valence-corrected chi connectivity index (χ0v) is 12.5. The zero-order chi connectivity index (χ0) is 13.6. The summed E-state index contributed by atoms with van der Waals surface area (Å²) in [5.74, 6) is 2.05. The lowest BCUT2D eigenvalue weighted by molar-refractivity contribution is 0.313. The molecule has 1 unspecified atom stereocenters. The van der Waals surface area contributed by atoms with E-state index < -0.39 is 0 Å². The van der Waals surface area contributed by atoms with Gasteiger partial charge in [-0.15, -0.1) is 0 Å². The predicted octanol–water partition coefficient (Wildman–Crippen LogP) is 3.32. The minimum absolute atomic E-state index is 0.226. The Morgan fingerprint density at radius 1 is 1.37 bits per heavy atom. The fourth-order valence-corrected chi connectivity index (χ4v) is 3.02. The van der Waals surface area contributed by atoms with Crippen molar-refractivity contribution in [2.24, 2.45) is 4.99 Å². The molecule has 1 saturated heterocycles. The van der Waals surface area contributed by atoms with Crippen LogP contribution < -0.4 is 10.1 Å². The zero-order valence-electron chi connectivity index (χ0n) is 11.7. The van der Waals surface area contributed by atoms with Gasteiger partial charge >= 0.3 is 0 Å². The average Bonchev–Trinajstić information content (AvgIpc) is 2.82. The highest BCUT2D eigenvalue weighted by molar-refractivity contribution is 8.14. The van der Waals surface area contributed by atoms with Gasteiger partial charge < -0.3 is 10.1 Å². The number of rotatable bonds is 6. The number of benzene rings is 1. The molecule has 0 amide bonds. The van der Waals surface area contributed by atoms with E-state index in [0.29, 0.717) is 0 Å². The molecule has 0 bridgehead atoms. The molecule has 1 aliphatic heterocycles. The summed E-state index contributed by atoms with van der Waals surface area (Å²) >= 11 is 1.83. The van der Waals surface area contributed by atoms with E-state index in [9.17, 15) is 0 Å². The van der Waals surface area contributed by atoms with Crippen molar-refractivity contribution < 1.29 is 4.74 Å². The molecule has 19 heavy (non-hydrogen) atoms. The lowest BCUT2D eigenvalue weighted by Crippen LogP contribution is -2.39. The largest absolute Gasteiger partial charge is 0.494 e. The number of para-hydroxylation sites is 1. The monoisotopic (exact) mass is 278 g/mol. The molecule has 4 heteroatoms. The van der Waals surface area contributed by atoms with Gasteiger partial charge in [0.2, 0.25) is 0 Å². The van der Waals surface area contributed by atoms with Crippen molar-refractivity contribution in [3.63, 3.8) is 0 Å². The van der Waals surface area contributed by atoms with Crippen molar-refractivity contribution in [3.8, 4) is 5.75 Å². The summed E-state index contributed by atoms with van der Waals surface area (Å²) in [7, 11) is 0. The second kappa shape index (κ2) is 6.85. The first-order valence-electron chi connectivity index (χ1n) is 6.85. The number of ether oxygens (including phenoxy) is 1. The molecule has 0 aliphatic carbocycles. The van der Waals surface area contributed by atoms with Gasteiger partial charge in [0.25, 0.3) is 0 Å². The number of nitrogens with one attached hydrogen (secondary N) is 1. The van der Waals surface area contributed by atoms with E-state index in [-0.39, 0.29) is 5.54 Å². The van der Waals surface area contributed by atoms with Crippen LogP contribution in [0, 0.1) is 0 Å². The molecule has 1 heterocycles. The van der Waals surface area contributed by atoms with E-state index in [1.54, 1.807) is 0 Å². The van der Waals surface area contributed by atoms with Crippen LogP contribution >= 0.6 is 11.8 Å². The normalized spacial score (nSPS) is 24.4. The van der Waals surface area contributed by atoms with E-state index in [0.717, 1.165) is 42.7 Å². The number of hydrogen-bond donors (Lipinski definition) is 1. The van der Waals surface area contributed by atoms with Crippen molar-refractivity contribution in [1.82, 2.24) is 5.32 Å². The number of amidine groups is 1. The fraction of sp³-hybridized carbons (Fsp3) is 0.533. The fourth-order valence-electron chi connectivity index (χ4n) is 1.79. The molecule has 0 aromatic heterocycles. The summed E-state index contributed by atoms with van der Waals surface area (Å²) in [6.07, 6.45) is 2.08. The van der Waals surface area contributed by atoms with E-state index in [1.165, 1.54) is 0 Å². The van der Waals surface area contributed by atoms with Crippen molar-refractivity contribution in [2.45, 2.75) is 32.2 Å². The standard InChI is InChI=1S/C15H22N2OS/c1-3-15(2)12-19-14(17-15)16-10-7-11-18-13-8-5-4-6-9-13/h4-6,8-9H,3,7,10-12H2,1-2H3,(H,16,17). The van der Waals surface area contributed by atoms with Gasteiger partial charge in [-0.3, -0.25) is 4.99 Å². The van der Waals surface area contributed by atoms with E-state index >= 15 is 0 Å². The van der Waals surface area contributed by atoms with Crippen LogP contribution in [0.25, 0.3) is 0 Å². The Morgan fingerprint density at radius 2 is 2.16 bits per heavy atom. The smallest absolute Gasteiger partial charge is 0.157 e. The Labute approximate surface area is 119 Å². The van der Waals surface area contributed by atoms with Gasteiger partial charge in [-0.25, -0.2) is 0 Å². The van der Waals surface area contributed by atoms with Crippen molar-refractivity contribution in [1.29, 1.82) is 0 Å². The van der Waals surface area contributed by atoms with Crippen molar-refractivity contribution in [3.05, 3.63) is 30.3 Å². The van der Waals surface area contributed by atoms with Crippen LogP contribution in [0.4, 0.5) is 0 Å². The van der Waals surface area contributed by atoms with Gasteiger partial charge in [0.05, 0.1) is 6.61 Å². The first-order valence-corrected chi connectivity index (χ1v) is 7.84.